The molecule has 1 atom stereocenters. The van der Waals surface area contributed by atoms with Gasteiger partial charge in [-0.3, -0.25) is 4.68 Å². The zero-order valence-electron chi connectivity index (χ0n) is 13.0. The van der Waals surface area contributed by atoms with Crippen LogP contribution in [0.25, 0.3) is 0 Å². The molecule has 4 heteroatoms. The van der Waals surface area contributed by atoms with Gasteiger partial charge in [-0.1, -0.05) is 32.0 Å². The molecule has 0 aliphatic carbocycles. The normalized spacial score (nSPS) is 12.8. The van der Waals surface area contributed by atoms with Crippen LogP contribution in [0.4, 0.5) is 4.39 Å². The summed E-state index contributed by atoms with van der Waals surface area (Å²) < 4.78 is 15.9. The van der Waals surface area contributed by atoms with Crippen molar-refractivity contribution in [3.63, 3.8) is 0 Å². The van der Waals surface area contributed by atoms with E-state index in [4.69, 9.17) is 0 Å². The second kappa shape index (κ2) is 7.36. The van der Waals surface area contributed by atoms with Crippen LogP contribution in [-0.4, -0.2) is 22.9 Å². The molecule has 3 nitrogen and oxygen atoms in total. The summed E-state index contributed by atoms with van der Waals surface area (Å²) in [5.74, 6) is 0.547. The highest BCUT2D eigenvalue weighted by Crippen LogP contribution is 2.22. The molecule has 1 heterocycles. The lowest BCUT2D eigenvalue weighted by atomic mass is 9.93. The molecule has 21 heavy (non-hydrogen) atoms. The number of aromatic nitrogens is 2. The molecule has 1 unspecified atom stereocenters. The highest BCUT2D eigenvalue weighted by atomic mass is 19.1. The van der Waals surface area contributed by atoms with Gasteiger partial charge in [0.25, 0.3) is 0 Å². The number of halogens is 1. The van der Waals surface area contributed by atoms with Crippen molar-refractivity contribution >= 4 is 0 Å². The highest BCUT2D eigenvalue weighted by Gasteiger charge is 2.17. The van der Waals surface area contributed by atoms with Gasteiger partial charge in [0.15, 0.2) is 0 Å². The van der Waals surface area contributed by atoms with Crippen molar-refractivity contribution in [3.05, 3.63) is 53.6 Å². The topological polar surface area (TPSA) is 29.9 Å². The maximum atomic E-state index is 14.1. The maximum absolute atomic E-state index is 14.1. The van der Waals surface area contributed by atoms with E-state index < -0.39 is 0 Å². The van der Waals surface area contributed by atoms with Crippen molar-refractivity contribution in [2.45, 2.75) is 26.2 Å². The fraction of sp³-hybridized carbons (Fsp3) is 0.471. The Balaban J connectivity index is 2.12. The standard InChI is InChI=1S/C17H24FN3/c1-13(2)11-19-12-14(10-15-8-9-21(3)20-15)16-6-4-5-7-17(16)18/h4-9,13-14,19H,10-12H2,1-3H3. The third kappa shape index (κ3) is 4.67. The SMILES string of the molecule is CC(C)CNCC(Cc1ccn(C)n1)c1ccccc1F. The second-order valence-electron chi connectivity index (χ2n) is 5.96. The first-order valence-corrected chi connectivity index (χ1v) is 7.50. The number of hydrogen-bond acceptors (Lipinski definition) is 2. The number of hydrogen-bond donors (Lipinski definition) is 1. The third-order valence-corrected chi connectivity index (χ3v) is 3.51. The van der Waals surface area contributed by atoms with E-state index >= 15 is 0 Å². The van der Waals surface area contributed by atoms with Crippen LogP contribution in [0.1, 0.15) is 31.0 Å². The monoisotopic (exact) mass is 289 g/mol. The predicted molar refractivity (Wildman–Crippen MR) is 83.8 cm³/mol. The molecule has 1 N–H and O–H groups in total. The highest BCUT2D eigenvalue weighted by molar-refractivity contribution is 5.24. The zero-order chi connectivity index (χ0) is 15.2. The molecule has 1 aromatic heterocycles. The Labute approximate surface area is 126 Å². The minimum Gasteiger partial charge on any atom is -0.316 e. The molecular formula is C17H24FN3. The molecule has 0 bridgehead atoms. The molecule has 0 aliphatic heterocycles. The van der Waals surface area contributed by atoms with Crippen LogP contribution in [-0.2, 0) is 13.5 Å². The van der Waals surface area contributed by atoms with Gasteiger partial charge >= 0.3 is 0 Å². The third-order valence-electron chi connectivity index (χ3n) is 3.51. The summed E-state index contributed by atoms with van der Waals surface area (Å²) in [5, 5.41) is 7.85. The van der Waals surface area contributed by atoms with Gasteiger partial charge in [0.05, 0.1) is 5.69 Å². The minimum atomic E-state index is -0.134. The number of rotatable bonds is 7. The van der Waals surface area contributed by atoms with Gasteiger partial charge in [0.1, 0.15) is 5.82 Å². The summed E-state index contributed by atoms with van der Waals surface area (Å²) in [6, 6.07) is 9.03. The minimum absolute atomic E-state index is 0.0971. The van der Waals surface area contributed by atoms with Crippen molar-refractivity contribution in [2.75, 3.05) is 13.1 Å². The first-order chi connectivity index (χ1) is 10.1. The van der Waals surface area contributed by atoms with Gasteiger partial charge in [-0.05, 0) is 36.6 Å². The summed E-state index contributed by atoms with van der Waals surface area (Å²) in [6.07, 6.45) is 2.67. The Kier molecular flexibility index (Phi) is 5.51. The summed E-state index contributed by atoms with van der Waals surface area (Å²) >= 11 is 0. The maximum Gasteiger partial charge on any atom is 0.126 e. The average molecular weight is 289 g/mol. The van der Waals surface area contributed by atoms with Crippen LogP contribution in [0.5, 0.6) is 0 Å². The Morgan fingerprint density at radius 1 is 1.19 bits per heavy atom. The van der Waals surface area contributed by atoms with Gasteiger partial charge < -0.3 is 5.32 Å². The molecule has 1 aromatic carbocycles. The van der Waals surface area contributed by atoms with E-state index in [1.165, 1.54) is 6.07 Å². The Morgan fingerprint density at radius 3 is 2.57 bits per heavy atom. The fourth-order valence-electron chi connectivity index (χ4n) is 2.47. The Bertz CT molecular complexity index is 563. The molecule has 2 aromatic rings. The van der Waals surface area contributed by atoms with Crippen LogP contribution in [0.15, 0.2) is 36.5 Å². The number of aryl methyl sites for hydroxylation is 1. The quantitative estimate of drug-likeness (QED) is 0.848. The second-order valence-corrected chi connectivity index (χ2v) is 5.96. The lowest BCUT2D eigenvalue weighted by Crippen LogP contribution is -2.27. The van der Waals surface area contributed by atoms with Crippen molar-refractivity contribution in [1.82, 2.24) is 15.1 Å². The average Bonchev–Trinajstić information content (AvgIpc) is 2.83. The molecule has 0 amide bonds. The molecule has 0 aliphatic rings. The van der Waals surface area contributed by atoms with Crippen LogP contribution >= 0.6 is 0 Å². The van der Waals surface area contributed by atoms with Crippen molar-refractivity contribution in [1.29, 1.82) is 0 Å². The fourth-order valence-corrected chi connectivity index (χ4v) is 2.47. The van der Waals surface area contributed by atoms with E-state index in [9.17, 15) is 4.39 Å². The van der Waals surface area contributed by atoms with Gasteiger partial charge in [-0.2, -0.15) is 5.10 Å². The lowest BCUT2D eigenvalue weighted by molar-refractivity contribution is 0.496. The van der Waals surface area contributed by atoms with Crippen molar-refractivity contribution < 1.29 is 4.39 Å². The molecule has 0 saturated heterocycles. The molecule has 0 radical (unpaired) electrons. The first-order valence-electron chi connectivity index (χ1n) is 7.50. The number of nitrogens with zero attached hydrogens (tertiary/aromatic N) is 2. The summed E-state index contributed by atoms with van der Waals surface area (Å²) in [7, 11) is 1.90. The Hall–Kier alpha value is -1.68. The molecular weight excluding hydrogens is 265 g/mol. The number of nitrogens with one attached hydrogen (secondary N) is 1. The zero-order valence-corrected chi connectivity index (χ0v) is 13.0. The van der Waals surface area contributed by atoms with Crippen molar-refractivity contribution in [3.8, 4) is 0 Å². The van der Waals surface area contributed by atoms with Gasteiger partial charge in [0, 0.05) is 25.7 Å². The summed E-state index contributed by atoms with van der Waals surface area (Å²) in [5.41, 5.74) is 1.76. The smallest absolute Gasteiger partial charge is 0.126 e. The van der Waals surface area contributed by atoms with Crippen LogP contribution < -0.4 is 5.32 Å². The van der Waals surface area contributed by atoms with Crippen LogP contribution in [0.2, 0.25) is 0 Å². The van der Waals surface area contributed by atoms with E-state index in [2.05, 4.69) is 24.3 Å². The van der Waals surface area contributed by atoms with Crippen LogP contribution in [0.3, 0.4) is 0 Å². The van der Waals surface area contributed by atoms with E-state index in [0.29, 0.717) is 5.92 Å². The van der Waals surface area contributed by atoms with E-state index in [1.807, 2.05) is 31.4 Å². The van der Waals surface area contributed by atoms with E-state index in [-0.39, 0.29) is 11.7 Å². The molecule has 0 saturated carbocycles. The van der Waals surface area contributed by atoms with Gasteiger partial charge in [-0.15, -0.1) is 0 Å². The predicted octanol–water partition coefficient (Wildman–Crippen LogP) is 3.13. The Morgan fingerprint density at radius 2 is 1.95 bits per heavy atom. The largest absolute Gasteiger partial charge is 0.316 e. The summed E-state index contributed by atoms with van der Waals surface area (Å²) in [4.78, 5) is 0. The van der Waals surface area contributed by atoms with Crippen molar-refractivity contribution in [2.24, 2.45) is 13.0 Å². The van der Waals surface area contributed by atoms with E-state index in [1.54, 1.807) is 10.7 Å². The van der Waals surface area contributed by atoms with Gasteiger partial charge in [0.2, 0.25) is 0 Å². The molecule has 114 valence electrons. The molecule has 0 spiro atoms. The van der Waals surface area contributed by atoms with E-state index in [0.717, 1.165) is 30.8 Å². The number of benzene rings is 1. The first kappa shape index (κ1) is 15.7. The molecule has 0 fully saturated rings. The molecule has 2 rings (SSSR count). The lowest BCUT2D eigenvalue weighted by Gasteiger charge is -2.19. The van der Waals surface area contributed by atoms with Crippen LogP contribution in [0, 0.1) is 11.7 Å². The van der Waals surface area contributed by atoms with Gasteiger partial charge in [-0.25, -0.2) is 4.39 Å². The summed E-state index contributed by atoms with van der Waals surface area (Å²) in [6.45, 7) is 6.04.